The van der Waals surface area contributed by atoms with Crippen molar-refractivity contribution in [3.63, 3.8) is 0 Å². The fraction of sp³-hybridized carbons (Fsp3) is 0.412. The molecule has 1 unspecified atom stereocenters. The van der Waals surface area contributed by atoms with Crippen molar-refractivity contribution < 1.29 is 23.9 Å². The lowest BCUT2D eigenvalue weighted by Crippen LogP contribution is -2.35. The zero-order valence-corrected chi connectivity index (χ0v) is 13.9. The van der Waals surface area contributed by atoms with Gasteiger partial charge in [-0.2, -0.15) is 0 Å². The maximum Gasteiger partial charge on any atom is 0.338 e. The summed E-state index contributed by atoms with van der Waals surface area (Å²) in [6.07, 6.45) is 1.78. The molecule has 1 aliphatic heterocycles. The number of hydrogen-bond donors (Lipinski definition) is 1. The molecular weight excluding hydrogens is 312 g/mol. The van der Waals surface area contributed by atoms with Crippen molar-refractivity contribution in [2.24, 2.45) is 0 Å². The largest absolute Gasteiger partial charge is 0.452 e. The van der Waals surface area contributed by atoms with Gasteiger partial charge >= 0.3 is 5.97 Å². The van der Waals surface area contributed by atoms with Crippen molar-refractivity contribution in [3.05, 3.63) is 34.9 Å². The third kappa shape index (κ3) is 3.61. The van der Waals surface area contributed by atoms with Crippen LogP contribution in [0.3, 0.4) is 0 Å². The SMILES string of the molecule is CCCC(C)NC(=O)COC(=O)c1ccc2c(c1)C(=O)N(C)C2=O. The standard InChI is InChI=1S/C17H20N2O5/c1-4-5-10(2)18-14(20)9-24-17(23)11-6-7-12-13(8-11)16(22)19(3)15(12)21/h6-8,10H,4-5,9H2,1-3H3,(H,18,20). The molecule has 7 nitrogen and oxygen atoms in total. The van der Waals surface area contributed by atoms with Gasteiger partial charge in [0.15, 0.2) is 6.61 Å². The van der Waals surface area contributed by atoms with E-state index in [1.54, 1.807) is 0 Å². The quantitative estimate of drug-likeness (QED) is 0.627. The maximum atomic E-state index is 12.0. The van der Waals surface area contributed by atoms with E-state index in [0.717, 1.165) is 17.7 Å². The number of carbonyl (C=O) groups is 4. The summed E-state index contributed by atoms with van der Waals surface area (Å²) in [4.78, 5) is 48.4. The number of fused-ring (bicyclic) bond motifs is 1. The van der Waals surface area contributed by atoms with Crippen LogP contribution in [0.25, 0.3) is 0 Å². The van der Waals surface area contributed by atoms with Crippen molar-refractivity contribution in [3.8, 4) is 0 Å². The summed E-state index contributed by atoms with van der Waals surface area (Å²) in [6.45, 7) is 3.50. The first-order valence-electron chi connectivity index (χ1n) is 7.78. The van der Waals surface area contributed by atoms with Crippen molar-refractivity contribution in [1.29, 1.82) is 0 Å². The minimum absolute atomic E-state index is 0.0142. The molecule has 0 bridgehead atoms. The molecule has 0 fully saturated rings. The van der Waals surface area contributed by atoms with Crippen LogP contribution < -0.4 is 5.32 Å². The molecule has 1 aromatic carbocycles. The molecule has 7 heteroatoms. The van der Waals surface area contributed by atoms with E-state index in [1.165, 1.54) is 25.2 Å². The van der Waals surface area contributed by atoms with Crippen LogP contribution >= 0.6 is 0 Å². The van der Waals surface area contributed by atoms with Crippen LogP contribution in [0, 0.1) is 0 Å². The van der Waals surface area contributed by atoms with Gasteiger partial charge in [-0.1, -0.05) is 13.3 Å². The molecule has 0 aromatic heterocycles. The van der Waals surface area contributed by atoms with Gasteiger partial charge < -0.3 is 10.1 Å². The molecule has 0 saturated heterocycles. The molecule has 0 saturated carbocycles. The maximum absolute atomic E-state index is 12.0. The molecule has 1 aliphatic rings. The minimum Gasteiger partial charge on any atom is -0.452 e. The Morgan fingerprint density at radius 2 is 1.88 bits per heavy atom. The van der Waals surface area contributed by atoms with Crippen molar-refractivity contribution >= 4 is 23.7 Å². The Morgan fingerprint density at radius 3 is 2.54 bits per heavy atom. The average Bonchev–Trinajstić information content (AvgIpc) is 2.77. The number of imide groups is 1. The highest BCUT2D eigenvalue weighted by molar-refractivity contribution is 6.21. The number of nitrogens with one attached hydrogen (secondary N) is 1. The van der Waals surface area contributed by atoms with Gasteiger partial charge in [0, 0.05) is 13.1 Å². The van der Waals surface area contributed by atoms with E-state index in [1.807, 2.05) is 13.8 Å². The van der Waals surface area contributed by atoms with Gasteiger partial charge in [0.25, 0.3) is 17.7 Å². The summed E-state index contributed by atoms with van der Waals surface area (Å²) in [7, 11) is 1.38. The third-order valence-corrected chi connectivity index (χ3v) is 3.79. The van der Waals surface area contributed by atoms with Crippen molar-refractivity contribution in [1.82, 2.24) is 10.2 Å². The van der Waals surface area contributed by atoms with E-state index < -0.39 is 24.4 Å². The number of amides is 3. The van der Waals surface area contributed by atoms with Crippen LogP contribution in [-0.4, -0.2) is 48.3 Å². The molecule has 1 aromatic rings. The summed E-state index contributed by atoms with van der Waals surface area (Å²) in [5.74, 6) is -1.96. The minimum atomic E-state index is -0.717. The van der Waals surface area contributed by atoms with E-state index in [4.69, 9.17) is 4.74 Å². The number of carbonyl (C=O) groups excluding carboxylic acids is 4. The van der Waals surface area contributed by atoms with E-state index >= 15 is 0 Å². The van der Waals surface area contributed by atoms with E-state index in [9.17, 15) is 19.2 Å². The lowest BCUT2D eigenvalue weighted by molar-refractivity contribution is -0.124. The van der Waals surface area contributed by atoms with Gasteiger partial charge in [-0.05, 0) is 31.5 Å². The second kappa shape index (κ2) is 7.25. The lowest BCUT2D eigenvalue weighted by Gasteiger charge is -2.12. The zero-order valence-electron chi connectivity index (χ0n) is 13.9. The highest BCUT2D eigenvalue weighted by Crippen LogP contribution is 2.22. The van der Waals surface area contributed by atoms with Crippen molar-refractivity contribution in [2.75, 3.05) is 13.7 Å². The van der Waals surface area contributed by atoms with Crippen LogP contribution in [0.2, 0.25) is 0 Å². The predicted molar refractivity (Wildman–Crippen MR) is 85.7 cm³/mol. The van der Waals surface area contributed by atoms with Gasteiger partial charge in [-0.25, -0.2) is 4.79 Å². The Morgan fingerprint density at radius 1 is 1.21 bits per heavy atom. The van der Waals surface area contributed by atoms with Crippen LogP contribution in [0.4, 0.5) is 0 Å². The first-order valence-corrected chi connectivity index (χ1v) is 7.78. The van der Waals surface area contributed by atoms with Crippen LogP contribution in [0.15, 0.2) is 18.2 Å². The van der Waals surface area contributed by atoms with Gasteiger partial charge in [-0.3, -0.25) is 19.3 Å². The number of ether oxygens (including phenoxy) is 1. The molecule has 128 valence electrons. The molecule has 0 aliphatic carbocycles. The van der Waals surface area contributed by atoms with E-state index in [-0.39, 0.29) is 28.6 Å². The first-order chi connectivity index (χ1) is 11.3. The molecule has 3 amide bonds. The lowest BCUT2D eigenvalue weighted by atomic mass is 10.1. The Balaban J connectivity index is 1.98. The molecule has 24 heavy (non-hydrogen) atoms. The predicted octanol–water partition coefficient (Wildman–Crippen LogP) is 1.37. The molecule has 0 spiro atoms. The molecule has 1 atom stereocenters. The molecule has 1 heterocycles. The Bertz CT molecular complexity index is 698. The summed E-state index contributed by atoms with van der Waals surface area (Å²) in [5.41, 5.74) is 0.544. The fourth-order valence-electron chi connectivity index (χ4n) is 2.52. The van der Waals surface area contributed by atoms with Gasteiger partial charge in [0.2, 0.25) is 0 Å². The number of esters is 1. The number of benzene rings is 1. The second-order valence-corrected chi connectivity index (χ2v) is 5.76. The molecular formula is C17H20N2O5. The average molecular weight is 332 g/mol. The Hall–Kier alpha value is -2.70. The smallest absolute Gasteiger partial charge is 0.338 e. The van der Waals surface area contributed by atoms with Gasteiger partial charge in [0.05, 0.1) is 16.7 Å². The Labute approximate surface area is 140 Å². The topological polar surface area (TPSA) is 92.8 Å². The molecule has 1 N–H and O–H groups in total. The number of nitrogens with zero attached hydrogens (tertiary/aromatic N) is 1. The van der Waals surface area contributed by atoms with Crippen molar-refractivity contribution in [2.45, 2.75) is 32.7 Å². The highest BCUT2D eigenvalue weighted by Gasteiger charge is 2.33. The van der Waals surface area contributed by atoms with Gasteiger partial charge in [-0.15, -0.1) is 0 Å². The molecule has 0 radical (unpaired) electrons. The van der Waals surface area contributed by atoms with E-state index in [2.05, 4.69) is 5.32 Å². The number of hydrogen-bond acceptors (Lipinski definition) is 5. The second-order valence-electron chi connectivity index (χ2n) is 5.76. The summed E-state index contributed by atoms with van der Waals surface area (Å²) >= 11 is 0. The van der Waals surface area contributed by atoms with Crippen LogP contribution in [-0.2, 0) is 9.53 Å². The first kappa shape index (κ1) is 17.7. The summed E-state index contributed by atoms with van der Waals surface area (Å²) < 4.78 is 4.96. The summed E-state index contributed by atoms with van der Waals surface area (Å²) in [5, 5.41) is 2.73. The third-order valence-electron chi connectivity index (χ3n) is 3.79. The van der Waals surface area contributed by atoms with Gasteiger partial charge in [0.1, 0.15) is 0 Å². The fourth-order valence-corrected chi connectivity index (χ4v) is 2.52. The Kier molecular flexibility index (Phi) is 5.33. The van der Waals surface area contributed by atoms with Crippen LogP contribution in [0.1, 0.15) is 57.8 Å². The monoisotopic (exact) mass is 332 g/mol. The molecule has 2 rings (SSSR count). The highest BCUT2D eigenvalue weighted by atomic mass is 16.5. The summed E-state index contributed by atoms with van der Waals surface area (Å²) in [6, 6.07) is 4.15. The van der Waals surface area contributed by atoms with Crippen LogP contribution in [0.5, 0.6) is 0 Å². The number of rotatable bonds is 6. The zero-order chi connectivity index (χ0) is 17.9. The normalized spacial score (nSPS) is 14.4. The van der Waals surface area contributed by atoms with E-state index in [0.29, 0.717) is 0 Å².